The molecule has 0 radical (unpaired) electrons. The number of hydrogen-bond donors (Lipinski definition) is 2. The van der Waals surface area contributed by atoms with Crippen LogP contribution < -0.4 is 18.9 Å². The maximum Gasteiger partial charge on any atom is 0.315 e. The molecule has 0 unspecified atom stereocenters. The van der Waals surface area contributed by atoms with Crippen molar-refractivity contribution in [1.82, 2.24) is 9.80 Å². The van der Waals surface area contributed by atoms with Crippen LogP contribution in [-0.2, 0) is 81.4 Å². The predicted molar refractivity (Wildman–Crippen MR) is 370 cm³/mol. The highest BCUT2D eigenvalue weighted by Gasteiger charge is 2.75. The first kappa shape index (κ1) is 60.7. The molecule has 6 fully saturated rings. The van der Waals surface area contributed by atoms with Gasteiger partial charge in [-0.15, -0.1) is 0 Å². The molecule has 8 aromatic carbocycles. The Balaban J connectivity index is 0.585. The molecule has 6 aliphatic carbocycles. The van der Waals surface area contributed by atoms with Crippen molar-refractivity contribution in [3.05, 3.63) is 186 Å². The Bertz CT molecular complexity index is 4450. The van der Waals surface area contributed by atoms with Crippen LogP contribution in [-0.4, -0.2) is 105 Å². The van der Waals surface area contributed by atoms with Gasteiger partial charge in [-0.1, -0.05) is 118 Å². The van der Waals surface area contributed by atoms with E-state index in [-0.39, 0.29) is 49.3 Å². The van der Waals surface area contributed by atoms with Crippen molar-refractivity contribution in [1.29, 1.82) is 0 Å². The smallest absolute Gasteiger partial charge is 0.315 e. The number of hydrogen-bond acceptors (Lipinski definition) is 12. The largest absolute Gasteiger partial charge is 0.477 e. The normalized spacial score (nSPS) is 27.4. The molecule has 8 aromatic rings. The Morgan fingerprint density at radius 1 is 0.458 bits per heavy atom. The highest BCUT2D eigenvalue weighted by molar-refractivity contribution is 5.97. The number of aryl methyl sites for hydroxylation is 10. The fraction of sp³-hybridized carbons (Fsp3) is 0.452. The van der Waals surface area contributed by atoms with E-state index in [2.05, 4.69) is 136 Å². The number of nitrogens with zero attached hydrogens (tertiary/aromatic N) is 2. The lowest BCUT2D eigenvalue weighted by atomic mass is 9.49. The molecule has 0 amide bonds. The Labute approximate surface area is 561 Å². The Kier molecular flexibility index (Phi) is 13.8. The molecule has 4 bridgehead atoms. The van der Waals surface area contributed by atoms with Crippen LogP contribution in [0.2, 0.25) is 0 Å². The number of likely N-dealkylation sites (tertiary alicyclic amines) is 2. The van der Waals surface area contributed by atoms with Crippen molar-refractivity contribution >= 4 is 55.8 Å². The molecule has 8 atom stereocenters. The number of benzene rings is 8. The summed E-state index contributed by atoms with van der Waals surface area (Å²) in [5.41, 5.74) is 13.7. The molecule has 4 saturated carbocycles. The van der Waals surface area contributed by atoms with Crippen LogP contribution in [0.4, 0.5) is 0 Å². The molecular formula is C84H86N2O10. The minimum Gasteiger partial charge on any atom is -0.477 e. The molecule has 2 saturated heterocycles. The van der Waals surface area contributed by atoms with E-state index in [9.17, 15) is 29.4 Å². The van der Waals surface area contributed by atoms with Gasteiger partial charge in [-0.2, -0.15) is 0 Å². The summed E-state index contributed by atoms with van der Waals surface area (Å²) in [6.45, 7) is 16.4. The van der Waals surface area contributed by atoms with Gasteiger partial charge in [-0.25, -0.2) is 0 Å². The first-order chi connectivity index (χ1) is 46.2. The highest BCUT2D eigenvalue weighted by atomic mass is 16.6. The van der Waals surface area contributed by atoms with E-state index in [1.54, 1.807) is 0 Å². The standard InChI is InChI=1S/C84H86N2O10/c1-45-27-53(11-13-55-29-47(3)37-65-59(31-49(5)35-63(55)65)41-73(89)93-69-17-15-57-39-71-83(91)21-19-67(87)79-81(83,75(57)77(69)95-79)23-25-85(71)43-51-7-8-51)62-34-46(2)28-54(61(62)33-45)12-14-56-30-48(4)38-66-60(32-50(6)36-64(56)66)42-74(90)94-70-18-16-58-40-72-84(92)22-20-68(88)80-82(84,76(58)78(70)96-80)24-26-86(72)44-52-9-10-52/h15-18,27-38,51-52,71-72,79-80,91-92H,7-14,19-26,39-44H2,1-6H3/t71-,72-,79+,80+,81+,82+,83-,84-/m1/s1. The summed E-state index contributed by atoms with van der Waals surface area (Å²) in [6, 6.07) is 34.7. The van der Waals surface area contributed by atoms with E-state index in [1.807, 2.05) is 12.1 Å². The monoisotopic (exact) mass is 1280 g/mol. The maximum absolute atomic E-state index is 14.4. The average Bonchev–Trinajstić information content (AvgIpc) is 1.43. The second kappa shape index (κ2) is 21.9. The average molecular weight is 1280 g/mol. The van der Waals surface area contributed by atoms with Crippen LogP contribution >= 0.6 is 0 Å². The number of ether oxygens (including phenoxy) is 4. The second-order valence-electron chi connectivity index (χ2n) is 31.5. The first-order valence-electron chi connectivity index (χ1n) is 35.9. The van der Waals surface area contributed by atoms with Crippen molar-refractivity contribution < 1.29 is 48.3 Å². The molecule has 4 aliphatic heterocycles. The SMILES string of the molecule is Cc1cc(CCc2cc(C)cc3c(CC(=O)Oc4ccc5c6c4O[C@H]4C(=O)CC[C@@]7(O)[C@@H](C5)N(CC5CC5)CC[C@]647)cc(C)cc23)c2cc(C)cc(CCc3cc(C)cc4c(CC(=O)Oc5ccc6c7c5O[C@H]5C(=O)CC[C@@]8(O)[C@@H](C6)N(CC6CC6)CC[C@]758)cc(C)cc34)c2c1. The molecule has 2 spiro atoms. The van der Waals surface area contributed by atoms with Crippen LogP contribution in [0.1, 0.15) is 153 Å². The molecule has 4 heterocycles. The molecule has 12 heteroatoms. The van der Waals surface area contributed by atoms with Crippen LogP contribution in [0.15, 0.2) is 97.1 Å². The van der Waals surface area contributed by atoms with Gasteiger partial charge >= 0.3 is 11.9 Å². The molecule has 2 N–H and O–H groups in total. The summed E-state index contributed by atoms with van der Waals surface area (Å²) in [6.07, 6.45) is 10.8. The summed E-state index contributed by atoms with van der Waals surface area (Å²) in [7, 11) is 0. The molecule has 0 aromatic heterocycles. The van der Waals surface area contributed by atoms with Crippen LogP contribution in [0.25, 0.3) is 32.3 Å². The van der Waals surface area contributed by atoms with Gasteiger partial charge in [0.2, 0.25) is 0 Å². The van der Waals surface area contributed by atoms with Gasteiger partial charge in [0.05, 0.1) is 34.9 Å². The summed E-state index contributed by atoms with van der Waals surface area (Å²) in [5, 5.41) is 32.6. The van der Waals surface area contributed by atoms with E-state index in [4.69, 9.17) is 18.9 Å². The third-order valence-electron chi connectivity index (χ3n) is 25.1. The van der Waals surface area contributed by atoms with Crippen LogP contribution in [0.5, 0.6) is 23.0 Å². The molecule has 12 nitrogen and oxygen atoms in total. The van der Waals surface area contributed by atoms with Gasteiger partial charge in [-0.05, 0) is 245 Å². The summed E-state index contributed by atoms with van der Waals surface area (Å²) < 4.78 is 26.1. The van der Waals surface area contributed by atoms with Gasteiger partial charge < -0.3 is 29.2 Å². The number of carbonyl (C=O) groups is 4. The summed E-state index contributed by atoms with van der Waals surface area (Å²) in [4.78, 5) is 61.5. The fourth-order valence-electron chi connectivity index (χ4n) is 20.7. The van der Waals surface area contributed by atoms with Crippen molar-refractivity contribution in [3.8, 4) is 23.0 Å². The van der Waals surface area contributed by atoms with Crippen molar-refractivity contribution in [2.45, 2.75) is 203 Å². The number of fused-ring (bicyclic) bond motifs is 3. The third kappa shape index (κ3) is 9.26. The lowest BCUT2D eigenvalue weighted by Gasteiger charge is -2.62. The second-order valence-corrected chi connectivity index (χ2v) is 31.5. The Morgan fingerprint density at radius 2 is 0.781 bits per heavy atom. The molecule has 18 rings (SSSR count). The quantitative estimate of drug-likeness (QED) is 0.0700. The lowest BCUT2D eigenvalue weighted by Crippen LogP contribution is -2.76. The van der Waals surface area contributed by atoms with Gasteiger partial charge in [0.25, 0.3) is 0 Å². The van der Waals surface area contributed by atoms with E-state index < -0.39 is 46.2 Å². The zero-order valence-electron chi connectivity index (χ0n) is 56.3. The van der Waals surface area contributed by atoms with Crippen LogP contribution in [0, 0.1) is 53.4 Å². The number of aliphatic hydroxyl groups is 2. The fourth-order valence-corrected chi connectivity index (χ4v) is 20.7. The number of ketones is 2. The van der Waals surface area contributed by atoms with E-state index >= 15 is 0 Å². The minimum absolute atomic E-state index is 0.0200. The van der Waals surface area contributed by atoms with Crippen molar-refractivity contribution in [3.63, 3.8) is 0 Å². The number of esters is 2. The number of Topliss-reactive ketones (excluding diaryl/α,β-unsaturated/α-hetero) is 2. The van der Waals surface area contributed by atoms with Gasteiger partial charge in [-0.3, -0.25) is 29.0 Å². The van der Waals surface area contributed by atoms with E-state index in [1.165, 1.54) is 69.8 Å². The van der Waals surface area contributed by atoms with Crippen molar-refractivity contribution in [2.24, 2.45) is 11.8 Å². The molecule has 492 valence electrons. The zero-order valence-corrected chi connectivity index (χ0v) is 56.3. The molecule has 10 aliphatic rings. The first-order valence-corrected chi connectivity index (χ1v) is 35.9. The molecule has 96 heavy (non-hydrogen) atoms. The Morgan fingerprint density at radius 3 is 1.11 bits per heavy atom. The third-order valence-corrected chi connectivity index (χ3v) is 25.1. The van der Waals surface area contributed by atoms with Gasteiger partial charge in [0.1, 0.15) is 0 Å². The van der Waals surface area contributed by atoms with Gasteiger partial charge in [0.15, 0.2) is 46.8 Å². The highest BCUT2D eigenvalue weighted by Crippen LogP contribution is 2.67. The number of carbonyl (C=O) groups excluding carboxylic acids is 4. The lowest BCUT2D eigenvalue weighted by molar-refractivity contribution is -0.188. The van der Waals surface area contributed by atoms with E-state index in [0.717, 1.165) is 129 Å². The predicted octanol–water partition coefficient (Wildman–Crippen LogP) is 13.1. The topological polar surface area (TPSA) is 152 Å². The summed E-state index contributed by atoms with van der Waals surface area (Å²) in [5.74, 6) is 2.18. The minimum atomic E-state index is -1.10. The Hall–Kier alpha value is -7.74. The summed E-state index contributed by atoms with van der Waals surface area (Å²) >= 11 is 0. The van der Waals surface area contributed by atoms with Crippen LogP contribution in [0.3, 0.4) is 0 Å². The van der Waals surface area contributed by atoms with E-state index in [0.29, 0.717) is 73.4 Å². The maximum atomic E-state index is 14.4. The number of rotatable bonds is 16. The van der Waals surface area contributed by atoms with Crippen molar-refractivity contribution in [2.75, 3.05) is 26.2 Å². The number of piperidine rings is 2. The molecular weight excluding hydrogens is 1200 g/mol. The zero-order chi connectivity index (χ0) is 65.6. The van der Waals surface area contributed by atoms with Gasteiger partial charge in [0, 0.05) is 49.1 Å².